The zero-order valence-corrected chi connectivity index (χ0v) is 25.8. The quantitative estimate of drug-likeness (QED) is 0.150. The van der Waals surface area contributed by atoms with Crippen LogP contribution in [0.1, 0.15) is 43.2 Å². The van der Waals surface area contributed by atoms with Crippen molar-refractivity contribution < 1.29 is 4.74 Å². The largest absolute Gasteiger partial charge is 0.490 e. The zero-order valence-electron chi connectivity index (χ0n) is 25.8. The topological polar surface area (TPSA) is 9.23 Å². The molecule has 0 heterocycles. The maximum atomic E-state index is 6.63. The van der Waals surface area contributed by atoms with Crippen LogP contribution in [-0.2, 0) is 0 Å². The van der Waals surface area contributed by atoms with E-state index in [1.807, 2.05) is 0 Å². The molecule has 0 amide bonds. The molecule has 0 unspecified atom stereocenters. The van der Waals surface area contributed by atoms with Crippen molar-refractivity contribution in [1.29, 1.82) is 0 Å². The van der Waals surface area contributed by atoms with Gasteiger partial charge in [0.15, 0.2) is 0 Å². The molecule has 0 aromatic heterocycles. The molecule has 0 saturated heterocycles. The lowest BCUT2D eigenvalue weighted by Gasteiger charge is -2.24. The molecule has 1 aliphatic carbocycles. The van der Waals surface area contributed by atoms with Gasteiger partial charge in [0, 0.05) is 0 Å². The molecule has 0 bridgehead atoms. The highest BCUT2D eigenvalue weighted by Gasteiger charge is 2.24. The number of hydrogen-bond donors (Lipinski definition) is 0. The van der Waals surface area contributed by atoms with E-state index in [0.717, 1.165) is 18.6 Å². The summed E-state index contributed by atoms with van der Waals surface area (Å²) in [7, 11) is 0. The summed E-state index contributed by atoms with van der Waals surface area (Å²) in [5.74, 6) is 1.00. The van der Waals surface area contributed by atoms with Gasteiger partial charge in [0.1, 0.15) is 5.75 Å². The summed E-state index contributed by atoms with van der Waals surface area (Å²) >= 11 is 0. The van der Waals surface area contributed by atoms with E-state index in [1.165, 1.54) is 117 Å². The van der Waals surface area contributed by atoms with Crippen molar-refractivity contribution >= 4 is 75.4 Å². The lowest BCUT2D eigenvalue weighted by molar-refractivity contribution is 0.155. The molecule has 45 heavy (non-hydrogen) atoms. The second kappa shape index (κ2) is 9.31. The van der Waals surface area contributed by atoms with Gasteiger partial charge in [-0.25, -0.2) is 0 Å². The summed E-state index contributed by atoms with van der Waals surface area (Å²) in [4.78, 5) is 0. The van der Waals surface area contributed by atoms with Gasteiger partial charge in [-0.05, 0) is 138 Å². The molecule has 1 saturated carbocycles. The van der Waals surface area contributed by atoms with Crippen LogP contribution >= 0.6 is 0 Å². The Labute approximate surface area is 262 Å². The second-order valence-electron chi connectivity index (χ2n) is 13.6. The summed E-state index contributed by atoms with van der Waals surface area (Å²) in [5.41, 5.74) is 5.21. The number of rotatable bonds is 3. The maximum Gasteiger partial charge on any atom is 0.120 e. The lowest BCUT2D eigenvalue weighted by Crippen LogP contribution is -2.19. The molecular formula is C44H34O. The standard InChI is InChI=1S/C44H34O/c1-25-21-26(2)23-27(22-25)30-17-18-35-31-11-6-7-12-32(31)36-19-20-37-33-16-15-29(45-28-9-4-3-5-10-28)24-39(33)34-13-8-14-38-40(30)42(35)44(36)43(37)41(34)38/h6-8,11-24,28H,3-5,9-10H2,1-2H3. The minimum absolute atomic E-state index is 0.329. The molecule has 0 atom stereocenters. The van der Waals surface area contributed by atoms with E-state index in [1.54, 1.807) is 0 Å². The fourth-order valence-electron chi connectivity index (χ4n) is 8.95. The Bertz CT molecular complexity index is 2600. The molecule has 0 N–H and O–H groups in total. The lowest BCUT2D eigenvalue weighted by atomic mass is 9.80. The van der Waals surface area contributed by atoms with Crippen molar-refractivity contribution in [3.8, 4) is 16.9 Å². The number of aryl methyl sites for hydroxylation is 2. The van der Waals surface area contributed by atoms with Crippen LogP contribution in [0.2, 0.25) is 0 Å². The summed E-state index contributed by atoms with van der Waals surface area (Å²) in [6, 6.07) is 39.3. The van der Waals surface area contributed by atoms with Crippen LogP contribution in [0, 0.1) is 13.8 Å². The van der Waals surface area contributed by atoms with Gasteiger partial charge in [0.2, 0.25) is 0 Å². The molecule has 10 rings (SSSR count). The van der Waals surface area contributed by atoms with Gasteiger partial charge in [-0.15, -0.1) is 0 Å². The van der Waals surface area contributed by atoms with Crippen molar-refractivity contribution in [2.75, 3.05) is 0 Å². The van der Waals surface area contributed by atoms with Crippen LogP contribution in [0.5, 0.6) is 5.75 Å². The van der Waals surface area contributed by atoms with Crippen LogP contribution in [0.3, 0.4) is 0 Å². The first-order chi connectivity index (χ1) is 22.1. The molecule has 1 nitrogen and oxygen atoms in total. The van der Waals surface area contributed by atoms with E-state index >= 15 is 0 Å². The third-order valence-electron chi connectivity index (χ3n) is 10.7. The van der Waals surface area contributed by atoms with Gasteiger partial charge in [-0.3, -0.25) is 0 Å². The van der Waals surface area contributed by atoms with Gasteiger partial charge < -0.3 is 4.74 Å². The van der Waals surface area contributed by atoms with Gasteiger partial charge in [0.05, 0.1) is 6.10 Å². The van der Waals surface area contributed by atoms with E-state index in [9.17, 15) is 0 Å². The van der Waals surface area contributed by atoms with Crippen molar-refractivity contribution in [1.82, 2.24) is 0 Å². The molecule has 9 aromatic carbocycles. The minimum atomic E-state index is 0.329. The SMILES string of the molecule is Cc1cc(C)cc(-c2ccc3c4ccccc4c4ccc5c6ccc(OC7CCCCC7)cc6c6cccc7c2c3c4c5c67)c1. The summed E-state index contributed by atoms with van der Waals surface area (Å²) < 4.78 is 6.63. The predicted molar refractivity (Wildman–Crippen MR) is 194 cm³/mol. The molecule has 1 heteroatoms. The summed E-state index contributed by atoms with van der Waals surface area (Å²) in [6.45, 7) is 4.43. The predicted octanol–water partition coefficient (Wildman–Crippen LogP) is 12.6. The average Bonchev–Trinajstić information content (AvgIpc) is 3.07. The highest BCUT2D eigenvalue weighted by Crippen LogP contribution is 2.52. The fourth-order valence-corrected chi connectivity index (χ4v) is 8.95. The monoisotopic (exact) mass is 578 g/mol. The van der Waals surface area contributed by atoms with Gasteiger partial charge in [0.25, 0.3) is 0 Å². The Kier molecular flexibility index (Phi) is 5.27. The third-order valence-corrected chi connectivity index (χ3v) is 10.7. The molecule has 1 aliphatic rings. The first kappa shape index (κ1) is 25.4. The average molecular weight is 579 g/mol. The van der Waals surface area contributed by atoms with E-state index in [2.05, 4.69) is 117 Å². The Hall–Kier alpha value is -4.88. The first-order valence-electron chi connectivity index (χ1n) is 16.6. The van der Waals surface area contributed by atoms with E-state index in [0.29, 0.717) is 6.10 Å². The van der Waals surface area contributed by atoms with Crippen LogP contribution in [-0.4, -0.2) is 6.10 Å². The molecule has 1 fully saturated rings. The summed E-state index contributed by atoms with van der Waals surface area (Å²) in [6.07, 6.45) is 6.53. The second-order valence-corrected chi connectivity index (χ2v) is 13.6. The molecular weight excluding hydrogens is 544 g/mol. The van der Waals surface area contributed by atoms with Crippen molar-refractivity contribution in [2.24, 2.45) is 0 Å². The smallest absolute Gasteiger partial charge is 0.120 e. The van der Waals surface area contributed by atoms with E-state index in [-0.39, 0.29) is 0 Å². The van der Waals surface area contributed by atoms with E-state index < -0.39 is 0 Å². The van der Waals surface area contributed by atoms with Crippen LogP contribution in [0.15, 0.2) is 103 Å². The molecule has 216 valence electrons. The number of hydrogen-bond acceptors (Lipinski definition) is 1. The van der Waals surface area contributed by atoms with Crippen LogP contribution in [0.4, 0.5) is 0 Å². The number of benzene rings is 9. The molecule has 0 spiro atoms. The minimum Gasteiger partial charge on any atom is -0.490 e. The Morgan fingerprint density at radius 2 is 1.00 bits per heavy atom. The highest BCUT2D eigenvalue weighted by molar-refractivity contribution is 6.48. The Morgan fingerprint density at radius 1 is 0.444 bits per heavy atom. The number of fused-ring (bicyclic) bond motifs is 7. The normalized spacial score (nSPS) is 14.8. The first-order valence-corrected chi connectivity index (χ1v) is 16.6. The molecule has 9 aromatic rings. The van der Waals surface area contributed by atoms with Crippen molar-refractivity contribution in [3.05, 3.63) is 114 Å². The van der Waals surface area contributed by atoms with Gasteiger partial charge >= 0.3 is 0 Å². The van der Waals surface area contributed by atoms with Crippen molar-refractivity contribution in [3.63, 3.8) is 0 Å². The van der Waals surface area contributed by atoms with Gasteiger partial charge in [-0.2, -0.15) is 0 Å². The maximum absolute atomic E-state index is 6.63. The molecule has 0 radical (unpaired) electrons. The Morgan fingerprint density at radius 3 is 1.73 bits per heavy atom. The van der Waals surface area contributed by atoms with Crippen LogP contribution < -0.4 is 4.74 Å². The Balaban J connectivity index is 1.42. The van der Waals surface area contributed by atoms with Crippen molar-refractivity contribution in [2.45, 2.75) is 52.1 Å². The highest BCUT2D eigenvalue weighted by atomic mass is 16.5. The van der Waals surface area contributed by atoms with E-state index in [4.69, 9.17) is 4.74 Å². The van der Waals surface area contributed by atoms with Crippen LogP contribution in [0.25, 0.3) is 86.5 Å². The fraction of sp³-hybridized carbons (Fsp3) is 0.182. The van der Waals surface area contributed by atoms with Gasteiger partial charge in [-0.1, -0.05) is 109 Å². The zero-order chi connectivity index (χ0) is 29.8. The number of ether oxygens (including phenoxy) is 1. The third kappa shape index (κ3) is 3.56. The summed E-state index contributed by atoms with van der Waals surface area (Å²) in [5, 5.41) is 18.9. The molecule has 0 aliphatic heterocycles.